The van der Waals surface area contributed by atoms with Crippen molar-refractivity contribution in [2.75, 3.05) is 23.3 Å². The largest absolute Gasteiger partial charge is 0.372 e. The van der Waals surface area contributed by atoms with Crippen molar-refractivity contribution < 1.29 is 4.79 Å². The molecule has 0 saturated heterocycles. The van der Waals surface area contributed by atoms with Crippen LogP contribution in [0.25, 0.3) is 6.08 Å². The van der Waals surface area contributed by atoms with Crippen LogP contribution in [0.5, 0.6) is 0 Å². The highest BCUT2D eigenvalue weighted by Gasteiger charge is 2.09. The first-order chi connectivity index (χ1) is 12.1. The number of rotatable bonds is 6. The van der Waals surface area contributed by atoms with Crippen LogP contribution in [0.3, 0.4) is 0 Å². The van der Waals surface area contributed by atoms with Crippen molar-refractivity contribution in [2.24, 2.45) is 0 Å². The minimum atomic E-state index is -0.404. The number of hydrogen-bond acceptors (Lipinski definition) is 3. The Kier molecular flexibility index (Phi) is 6.36. The van der Waals surface area contributed by atoms with Gasteiger partial charge in [-0.15, -0.1) is 0 Å². The van der Waals surface area contributed by atoms with Crippen LogP contribution >= 0.6 is 0 Å². The number of benzene rings is 2. The summed E-state index contributed by atoms with van der Waals surface area (Å²) in [5.41, 5.74) is 3.82. The zero-order valence-electron chi connectivity index (χ0n) is 14.9. The topological polar surface area (TPSA) is 56.1 Å². The summed E-state index contributed by atoms with van der Waals surface area (Å²) in [5.74, 6) is -0.404. The van der Waals surface area contributed by atoms with Gasteiger partial charge < -0.3 is 10.2 Å². The van der Waals surface area contributed by atoms with E-state index in [2.05, 4.69) is 24.1 Å². The van der Waals surface area contributed by atoms with Crippen molar-refractivity contribution in [2.45, 2.75) is 20.8 Å². The van der Waals surface area contributed by atoms with E-state index in [0.717, 1.165) is 29.9 Å². The van der Waals surface area contributed by atoms with Gasteiger partial charge >= 0.3 is 0 Å². The third-order valence-electron chi connectivity index (χ3n) is 4.01. The van der Waals surface area contributed by atoms with Crippen LogP contribution in [0.4, 0.5) is 11.4 Å². The molecule has 4 heteroatoms. The van der Waals surface area contributed by atoms with E-state index in [1.807, 2.05) is 61.5 Å². The quantitative estimate of drug-likeness (QED) is 0.630. The third-order valence-corrected chi connectivity index (χ3v) is 4.01. The van der Waals surface area contributed by atoms with Gasteiger partial charge in [-0.3, -0.25) is 4.79 Å². The van der Waals surface area contributed by atoms with Gasteiger partial charge in [0.15, 0.2) is 0 Å². The first kappa shape index (κ1) is 18.3. The SMILES string of the molecule is CCN(CC)c1ccc(/C=C(\C#N)C(=O)Nc2ccc(C)cc2)cc1. The summed E-state index contributed by atoms with van der Waals surface area (Å²) >= 11 is 0. The molecule has 0 atom stereocenters. The maximum Gasteiger partial charge on any atom is 0.266 e. The fourth-order valence-electron chi connectivity index (χ4n) is 2.52. The van der Waals surface area contributed by atoms with Gasteiger partial charge in [-0.25, -0.2) is 0 Å². The van der Waals surface area contributed by atoms with Crippen molar-refractivity contribution in [3.05, 3.63) is 65.2 Å². The first-order valence-electron chi connectivity index (χ1n) is 8.42. The molecule has 25 heavy (non-hydrogen) atoms. The summed E-state index contributed by atoms with van der Waals surface area (Å²) in [6.07, 6.45) is 1.61. The summed E-state index contributed by atoms with van der Waals surface area (Å²) in [6, 6.07) is 17.3. The maximum atomic E-state index is 12.3. The number of nitrogens with zero attached hydrogens (tertiary/aromatic N) is 2. The first-order valence-corrected chi connectivity index (χ1v) is 8.42. The average molecular weight is 333 g/mol. The van der Waals surface area contributed by atoms with Crippen molar-refractivity contribution in [3.63, 3.8) is 0 Å². The van der Waals surface area contributed by atoms with Crippen molar-refractivity contribution in [3.8, 4) is 6.07 Å². The molecule has 0 bridgehead atoms. The second-order valence-corrected chi connectivity index (χ2v) is 5.75. The average Bonchev–Trinajstić information content (AvgIpc) is 2.63. The fraction of sp³-hybridized carbons (Fsp3) is 0.238. The minimum Gasteiger partial charge on any atom is -0.372 e. The van der Waals surface area contributed by atoms with Gasteiger partial charge in [0.25, 0.3) is 5.91 Å². The molecule has 2 rings (SSSR count). The molecular weight excluding hydrogens is 310 g/mol. The lowest BCUT2D eigenvalue weighted by Gasteiger charge is -2.20. The smallest absolute Gasteiger partial charge is 0.266 e. The number of hydrogen-bond donors (Lipinski definition) is 1. The molecule has 0 unspecified atom stereocenters. The van der Waals surface area contributed by atoms with E-state index in [4.69, 9.17) is 0 Å². The Balaban J connectivity index is 2.14. The molecule has 1 amide bonds. The predicted molar refractivity (Wildman–Crippen MR) is 103 cm³/mol. The second-order valence-electron chi connectivity index (χ2n) is 5.75. The van der Waals surface area contributed by atoms with Gasteiger partial charge in [0, 0.05) is 24.5 Å². The number of nitriles is 1. The molecular formula is C21H23N3O. The van der Waals surface area contributed by atoms with Crippen molar-refractivity contribution in [1.29, 1.82) is 5.26 Å². The Hall–Kier alpha value is -3.06. The van der Waals surface area contributed by atoms with Crippen LogP contribution in [0.2, 0.25) is 0 Å². The normalized spacial score (nSPS) is 10.9. The van der Waals surface area contributed by atoms with E-state index in [9.17, 15) is 10.1 Å². The Bertz CT molecular complexity index is 779. The van der Waals surface area contributed by atoms with Crippen LogP contribution in [0.15, 0.2) is 54.1 Å². The van der Waals surface area contributed by atoms with Crippen LogP contribution < -0.4 is 10.2 Å². The van der Waals surface area contributed by atoms with Crippen molar-refractivity contribution in [1.82, 2.24) is 0 Å². The number of aryl methyl sites for hydroxylation is 1. The van der Waals surface area contributed by atoms with Gasteiger partial charge in [-0.05, 0) is 56.7 Å². The molecule has 128 valence electrons. The zero-order valence-corrected chi connectivity index (χ0v) is 14.9. The van der Waals surface area contributed by atoms with Crippen LogP contribution in [-0.2, 0) is 4.79 Å². The van der Waals surface area contributed by atoms with Gasteiger partial charge in [0.2, 0.25) is 0 Å². The maximum absolute atomic E-state index is 12.3. The van der Waals surface area contributed by atoms with E-state index in [-0.39, 0.29) is 5.57 Å². The number of anilines is 2. The summed E-state index contributed by atoms with van der Waals surface area (Å²) in [5, 5.41) is 12.1. The lowest BCUT2D eigenvalue weighted by molar-refractivity contribution is -0.112. The van der Waals surface area contributed by atoms with Gasteiger partial charge in [-0.1, -0.05) is 29.8 Å². The van der Waals surface area contributed by atoms with Gasteiger partial charge in [-0.2, -0.15) is 5.26 Å². The molecule has 2 aromatic rings. The van der Waals surface area contributed by atoms with E-state index in [1.54, 1.807) is 6.08 Å². The Morgan fingerprint density at radius 3 is 2.20 bits per heavy atom. The Labute approximate surface area is 149 Å². The number of carbonyl (C=O) groups is 1. The van der Waals surface area contributed by atoms with E-state index in [1.165, 1.54) is 0 Å². The van der Waals surface area contributed by atoms with Gasteiger partial charge in [0.05, 0.1) is 0 Å². The molecule has 0 heterocycles. The summed E-state index contributed by atoms with van der Waals surface area (Å²) < 4.78 is 0. The number of amides is 1. The van der Waals surface area contributed by atoms with Gasteiger partial charge in [0.1, 0.15) is 11.6 Å². The minimum absolute atomic E-state index is 0.0798. The lowest BCUT2D eigenvalue weighted by atomic mass is 10.1. The van der Waals surface area contributed by atoms with Crippen LogP contribution in [0, 0.1) is 18.3 Å². The number of carbonyl (C=O) groups excluding carboxylic acids is 1. The fourth-order valence-corrected chi connectivity index (χ4v) is 2.52. The molecule has 0 aliphatic rings. The summed E-state index contributed by atoms with van der Waals surface area (Å²) in [7, 11) is 0. The van der Waals surface area contributed by atoms with E-state index < -0.39 is 5.91 Å². The van der Waals surface area contributed by atoms with E-state index >= 15 is 0 Å². The highest BCUT2D eigenvalue weighted by atomic mass is 16.1. The lowest BCUT2D eigenvalue weighted by Crippen LogP contribution is -2.21. The number of nitrogens with one attached hydrogen (secondary N) is 1. The highest BCUT2D eigenvalue weighted by molar-refractivity contribution is 6.09. The molecule has 0 radical (unpaired) electrons. The monoisotopic (exact) mass is 333 g/mol. The molecule has 4 nitrogen and oxygen atoms in total. The molecule has 0 saturated carbocycles. The molecule has 0 spiro atoms. The molecule has 0 aliphatic heterocycles. The van der Waals surface area contributed by atoms with E-state index in [0.29, 0.717) is 5.69 Å². The molecule has 1 N–H and O–H groups in total. The zero-order chi connectivity index (χ0) is 18.2. The molecule has 2 aromatic carbocycles. The van der Waals surface area contributed by atoms with Crippen LogP contribution in [-0.4, -0.2) is 19.0 Å². The molecule has 0 fully saturated rings. The van der Waals surface area contributed by atoms with Crippen LogP contribution in [0.1, 0.15) is 25.0 Å². The second kappa shape index (κ2) is 8.70. The standard InChI is InChI=1S/C21H23N3O/c1-4-24(5-2)20-12-8-17(9-13-20)14-18(15-22)21(25)23-19-10-6-16(3)7-11-19/h6-14H,4-5H2,1-3H3,(H,23,25)/b18-14+. The summed E-state index contributed by atoms with van der Waals surface area (Å²) in [6.45, 7) is 8.08. The third kappa shape index (κ3) is 4.95. The highest BCUT2D eigenvalue weighted by Crippen LogP contribution is 2.17. The predicted octanol–water partition coefficient (Wildman–Crippen LogP) is 4.39. The molecule has 0 aromatic heterocycles. The molecule has 0 aliphatic carbocycles. The summed E-state index contributed by atoms with van der Waals surface area (Å²) in [4.78, 5) is 14.5. The Morgan fingerprint density at radius 1 is 1.08 bits per heavy atom. The Morgan fingerprint density at radius 2 is 1.68 bits per heavy atom. The van der Waals surface area contributed by atoms with Crippen molar-refractivity contribution >= 4 is 23.4 Å².